The SMILES string of the molecule is CCN(CC)Cc1cccc(NCc2ccccc2O)c1. The Balaban J connectivity index is 1.99. The number of nitrogens with zero attached hydrogens (tertiary/aromatic N) is 1. The lowest BCUT2D eigenvalue weighted by Gasteiger charge is -2.18. The molecule has 0 radical (unpaired) electrons. The molecular formula is C18H24N2O. The monoisotopic (exact) mass is 284 g/mol. The van der Waals surface area contributed by atoms with Crippen LogP contribution in [0.4, 0.5) is 5.69 Å². The second-order valence-electron chi connectivity index (χ2n) is 5.14. The zero-order valence-corrected chi connectivity index (χ0v) is 12.8. The molecule has 2 N–H and O–H groups in total. The van der Waals surface area contributed by atoms with Crippen LogP contribution in [0.2, 0.25) is 0 Å². The van der Waals surface area contributed by atoms with Gasteiger partial charge in [-0.15, -0.1) is 0 Å². The molecule has 0 heterocycles. The highest BCUT2D eigenvalue weighted by atomic mass is 16.3. The van der Waals surface area contributed by atoms with Gasteiger partial charge in [0.1, 0.15) is 5.75 Å². The summed E-state index contributed by atoms with van der Waals surface area (Å²) in [4.78, 5) is 2.39. The highest BCUT2D eigenvalue weighted by Crippen LogP contribution is 2.18. The Kier molecular flexibility index (Phi) is 5.64. The van der Waals surface area contributed by atoms with Crippen LogP contribution in [0.5, 0.6) is 5.75 Å². The second-order valence-corrected chi connectivity index (χ2v) is 5.14. The molecular weight excluding hydrogens is 260 g/mol. The predicted molar refractivity (Wildman–Crippen MR) is 88.5 cm³/mol. The summed E-state index contributed by atoms with van der Waals surface area (Å²) in [5, 5.41) is 13.2. The average Bonchev–Trinajstić information content (AvgIpc) is 2.52. The van der Waals surface area contributed by atoms with E-state index in [2.05, 4.69) is 48.3 Å². The second kappa shape index (κ2) is 7.70. The van der Waals surface area contributed by atoms with Crippen LogP contribution in [0, 0.1) is 0 Å². The van der Waals surface area contributed by atoms with Gasteiger partial charge in [-0.25, -0.2) is 0 Å². The van der Waals surface area contributed by atoms with E-state index >= 15 is 0 Å². The van der Waals surface area contributed by atoms with Crippen molar-refractivity contribution in [3.8, 4) is 5.75 Å². The lowest BCUT2D eigenvalue weighted by molar-refractivity contribution is 0.296. The molecule has 0 aliphatic carbocycles. The van der Waals surface area contributed by atoms with E-state index < -0.39 is 0 Å². The molecule has 3 nitrogen and oxygen atoms in total. The van der Waals surface area contributed by atoms with Crippen molar-refractivity contribution in [2.24, 2.45) is 0 Å². The summed E-state index contributed by atoms with van der Waals surface area (Å²) >= 11 is 0. The summed E-state index contributed by atoms with van der Waals surface area (Å²) in [5.41, 5.74) is 3.30. The molecule has 2 aromatic carbocycles. The number of aromatic hydroxyl groups is 1. The first kappa shape index (κ1) is 15.4. The molecule has 0 spiro atoms. The van der Waals surface area contributed by atoms with Crippen LogP contribution in [0.25, 0.3) is 0 Å². The molecule has 0 unspecified atom stereocenters. The first-order valence-electron chi connectivity index (χ1n) is 7.55. The Labute approximate surface area is 127 Å². The smallest absolute Gasteiger partial charge is 0.120 e. The first-order valence-corrected chi connectivity index (χ1v) is 7.55. The lowest BCUT2D eigenvalue weighted by Crippen LogP contribution is -2.22. The maximum Gasteiger partial charge on any atom is 0.120 e. The van der Waals surface area contributed by atoms with Gasteiger partial charge in [-0.3, -0.25) is 4.90 Å². The fourth-order valence-electron chi connectivity index (χ4n) is 2.34. The Morgan fingerprint density at radius 1 is 1.00 bits per heavy atom. The minimum atomic E-state index is 0.337. The van der Waals surface area contributed by atoms with E-state index in [4.69, 9.17) is 0 Å². The normalized spacial score (nSPS) is 10.8. The predicted octanol–water partition coefficient (Wildman–Crippen LogP) is 3.85. The van der Waals surface area contributed by atoms with Gasteiger partial charge in [-0.1, -0.05) is 44.2 Å². The van der Waals surface area contributed by atoms with Gasteiger partial charge in [0.2, 0.25) is 0 Å². The van der Waals surface area contributed by atoms with Crippen molar-refractivity contribution in [1.82, 2.24) is 4.90 Å². The highest BCUT2D eigenvalue weighted by molar-refractivity contribution is 5.47. The summed E-state index contributed by atoms with van der Waals surface area (Å²) in [7, 11) is 0. The minimum Gasteiger partial charge on any atom is -0.508 e. The molecule has 21 heavy (non-hydrogen) atoms. The molecule has 0 fully saturated rings. The van der Waals surface area contributed by atoms with E-state index in [1.165, 1.54) is 5.56 Å². The van der Waals surface area contributed by atoms with E-state index in [9.17, 15) is 5.11 Å². The van der Waals surface area contributed by atoms with Gasteiger partial charge in [0.25, 0.3) is 0 Å². The Morgan fingerprint density at radius 2 is 1.76 bits per heavy atom. The maximum absolute atomic E-state index is 9.78. The number of hydrogen-bond donors (Lipinski definition) is 2. The number of anilines is 1. The van der Waals surface area contributed by atoms with Crippen molar-refractivity contribution in [2.75, 3.05) is 18.4 Å². The van der Waals surface area contributed by atoms with Crippen LogP contribution in [0.1, 0.15) is 25.0 Å². The number of phenolic OH excluding ortho intramolecular Hbond substituents is 1. The van der Waals surface area contributed by atoms with Crippen molar-refractivity contribution < 1.29 is 5.11 Å². The number of hydrogen-bond acceptors (Lipinski definition) is 3. The first-order chi connectivity index (χ1) is 10.2. The molecule has 0 bridgehead atoms. The molecule has 112 valence electrons. The number of nitrogens with one attached hydrogen (secondary N) is 1. The van der Waals surface area contributed by atoms with Gasteiger partial charge in [-0.2, -0.15) is 0 Å². The zero-order valence-electron chi connectivity index (χ0n) is 12.8. The number of benzene rings is 2. The minimum absolute atomic E-state index is 0.337. The molecule has 2 aromatic rings. The topological polar surface area (TPSA) is 35.5 Å². The van der Waals surface area contributed by atoms with Gasteiger partial charge in [0, 0.05) is 24.3 Å². The van der Waals surface area contributed by atoms with Crippen LogP contribution in [-0.2, 0) is 13.1 Å². The van der Waals surface area contributed by atoms with Crippen molar-refractivity contribution in [2.45, 2.75) is 26.9 Å². The standard InChI is InChI=1S/C18H24N2O/c1-3-20(4-2)14-15-8-7-10-17(12-15)19-13-16-9-5-6-11-18(16)21/h5-12,19,21H,3-4,13-14H2,1-2H3. The Morgan fingerprint density at radius 3 is 2.48 bits per heavy atom. The van der Waals surface area contributed by atoms with Gasteiger partial charge < -0.3 is 10.4 Å². The van der Waals surface area contributed by atoms with E-state index in [0.717, 1.165) is 30.9 Å². The Hall–Kier alpha value is -2.00. The molecule has 0 saturated carbocycles. The molecule has 0 amide bonds. The van der Waals surface area contributed by atoms with Gasteiger partial charge >= 0.3 is 0 Å². The Bertz CT molecular complexity index is 565. The van der Waals surface area contributed by atoms with Crippen LogP contribution in [0.15, 0.2) is 48.5 Å². The third kappa shape index (κ3) is 4.50. The summed E-state index contributed by atoms with van der Waals surface area (Å²) < 4.78 is 0. The molecule has 0 atom stereocenters. The maximum atomic E-state index is 9.78. The third-order valence-corrected chi connectivity index (χ3v) is 3.70. The molecule has 2 rings (SSSR count). The van der Waals surface area contributed by atoms with Gasteiger partial charge in [-0.05, 0) is 36.9 Å². The zero-order chi connectivity index (χ0) is 15.1. The van der Waals surface area contributed by atoms with Crippen LogP contribution in [-0.4, -0.2) is 23.1 Å². The van der Waals surface area contributed by atoms with E-state index in [0.29, 0.717) is 12.3 Å². The fraction of sp³-hybridized carbons (Fsp3) is 0.333. The average molecular weight is 284 g/mol. The molecule has 0 aliphatic rings. The van der Waals surface area contributed by atoms with Crippen molar-refractivity contribution in [1.29, 1.82) is 0 Å². The third-order valence-electron chi connectivity index (χ3n) is 3.70. The highest BCUT2D eigenvalue weighted by Gasteiger charge is 2.03. The summed E-state index contributed by atoms with van der Waals surface area (Å²) in [6.45, 7) is 8.09. The fourth-order valence-corrected chi connectivity index (χ4v) is 2.34. The van der Waals surface area contributed by atoms with Crippen molar-refractivity contribution >= 4 is 5.69 Å². The number of rotatable bonds is 7. The van der Waals surface area contributed by atoms with Crippen LogP contribution in [0.3, 0.4) is 0 Å². The number of phenols is 1. The summed E-state index contributed by atoms with van der Waals surface area (Å²) in [5.74, 6) is 0.337. The largest absolute Gasteiger partial charge is 0.508 e. The molecule has 3 heteroatoms. The lowest BCUT2D eigenvalue weighted by atomic mass is 10.1. The quantitative estimate of drug-likeness (QED) is 0.810. The molecule has 0 saturated heterocycles. The molecule has 0 aromatic heterocycles. The van der Waals surface area contributed by atoms with Gasteiger partial charge in [0.15, 0.2) is 0 Å². The van der Waals surface area contributed by atoms with E-state index in [-0.39, 0.29) is 0 Å². The van der Waals surface area contributed by atoms with Gasteiger partial charge in [0.05, 0.1) is 0 Å². The summed E-state index contributed by atoms with van der Waals surface area (Å²) in [6.07, 6.45) is 0. The summed E-state index contributed by atoms with van der Waals surface area (Å²) in [6, 6.07) is 15.9. The van der Waals surface area contributed by atoms with Crippen LogP contribution >= 0.6 is 0 Å². The van der Waals surface area contributed by atoms with Crippen molar-refractivity contribution in [3.05, 3.63) is 59.7 Å². The van der Waals surface area contributed by atoms with E-state index in [1.54, 1.807) is 6.07 Å². The number of para-hydroxylation sites is 1. The van der Waals surface area contributed by atoms with Crippen molar-refractivity contribution in [3.63, 3.8) is 0 Å². The van der Waals surface area contributed by atoms with Crippen LogP contribution < -0.4 is 5.32 Å². The van der Waals surface area contributed by atoms with E-state index in [1.807, 2.05) is 18.2 Å². The molecule has 0 aliphatic heterocycles.